The summed E-state index contributed by atoms with van der Waals surface area (Å²) in [6, 6.07) is 7.25. The van der Waals surface area contributed by atoms with E-state index in [0.29, 0.717) is 47.9 Å². The van der Waals surface area contributed by atoms with Crippen LogP contribution in [0.5, 0.6) is 0 Å². The molecule has 4 aromatic rings. The van der Waals surface area contributed by atoms with E-state index in [9.17, 15) is 19.5 Å². The second kappa shape index (κ2) is 11.5. The molecule has 0 spiro atoms. The van der Waals surface area contributed by atoms with Crippen LogP contribution in [0, 0.1) is 12.7 Å². The summed E-state index contributed by atoms with van der Waals surface area (Å²) in [5.74, 6) is -1.43. The molecule has 1 atom stereocenters. The highest BCUT2D eigenvalue weighted by atomic mass is 19.1. The summed E-state index contributed by atoms with van der Waals surface area (Å²) in [7, 11) is 0. The molecule has 0 unspecified atom stereocenters. The van der Waals surface area contributed by atoms with E-state index in [0.717, 1.165) is 30.0 Å². The Kier molecular flexibility index (Phi) is 7.72. The van der Waals surface area contributed by atoms with Gasteiger partial charge in [0.05, 0.1) is 28.0 Å². The number of nitrogens with zero attached hydrogens (tertiary/aromatic N) is 6. The minimum Gasteiger partial charge on any atom is -0.478 e. The summed E-state index contributed by atoms with van der Waals surface area (Å²) < 4.78 is 17.0. The minimum absolute atomic E-state index is 0.0353. The molecule has 1 amide bonds. The number of carboxylic acid groups (broad SMARTS) is 1. The monoisotopic (exact) mass is 610 g/mol. The smallest absolute Gasteiger partial charge is 0.355 e. The van der Waals surface area contributed by atoms with Crippen LogP contribution >= 0.6 is 0 Å². The van der Waals surface area contributed by atoms with Crippen molar-refractivity contribution >= 4 is 28.7 Å². The molecule has 11 heteroatoms. The Labute approximate surface area is 259 Å². The van der Waals surface area contributed by atoms with Gasteiger partial charge in [-0.1, -0.05) is 20.4 Å². The van der Waals surface area contributed by atoms with Gasteiger partial charge in [0.2, 0.25) is 5.91 Å². The number of piperazine rings is 1. The Morgan fingerprint density at radius 1 is 1.13 bits per heavy atom. The minimum atomic E-state index is -1.18. The van der Waals surface area contributed by atoms with Gasteiger partial charge in [0, 0.05) is 37.4 Å². The van der Waals surface area contributed by atoms with Crippen molar-refractivity contribution in [2.45, 2.75) is 58.4 Å². The summed E-state index contributed by atoms with van der Waals surface area (Å²) in [6.45, 7) is 12.7. The molecule has 0 bridgehead atoms. The average molecular weight is 611 g/mol. The lowest BCUT2D eigenvalue weighted by Crippen LogP contribution is -2.54. The number of carbonyl (C=O) groups excluding carboxylic acids is 1. The molecule has 3 aromatic heterocycles. The average Bonchev–Trinajstić information content (AvgIpc) is 3.86. The highest BCUT2D eigenvalue weighted by molar-refractivity contribution is 5.94. The maximum Gasteiger partial charge on any atom is 0.355 e. The number of pyridine rings is 2. The third kappa shape index (κ3) is 5.36. The van der Waals surface area contributed by atoms with Crippen molar-refractivity contribution < 1.29 is 19.1 Å². The summed E-state index contributed by atoms with van der Waals surface area (Å²) in [5, 5.41) is 10.3. The van der Waals surface area contributed by atoms with Crippen LogP contribution in [0.25, 0.3) is 28.0 Å². The molecule has 4 heterocycles. The van der Waals surface area contributed by atoms with Crippen molar-refractivity contribution in [3.8, 4) is 16.9 Å². The molecule has 6 rings (SSSR count). The predicted molar refractivity (Wildman–Crippen MR) is 170 cm³/mol. The number of anilines is 1. The molecule has 1 N–H and O–H groups in total. The summed E-state index contributed by atoms with van der Waals surface area (Å²) in [5.41, 5.74) is 2.84. The number of carboxylic acids is 1. The van der Waals surface area contributed by atoms with Gasteiger partial charge in [-0.25, -0.2) is 23.5 Å². The molecule has 232 valence electrons. The zero-order chi connectivity index (χ0) is 32.2. The Bertz CT molecular complexity index is 1930. The van der Waals surface area contributed by atoms with Crippen molar-refractivity contribution in [2.75, 3.05) is 24.5 Å². The van der Waals surface area contributed by atoms with Crippen molar-refractivity contribution in [2.24, 2.45) is 0 Å². The maximum atomic E-state index is 15.5. The second-order valence-corrected chi connectivity index (χ2v) is 12.2. The molecular weight excluding hydrogens is 575 g/mol. The Hall–Kier alpha value is -4.93. The lowest BCUT2D eigenvalue weighted by atomic mass is 9.98. The lowest BCUT2D eigenvalue weighted by Gasteiger charge is -2.40. The number of hydrogen-bond donors (Lipinski definition) is 1. The van der Waals surface area contributed by atoms with E-state index in [-0.39, 0.29) is 40.6 Å². The summed E-state index contributed by atoms with van der Waals surface area (Å²) in [6.07, 6.45) is 4.75. The zero-order valence-electron chi connectivity index (χ0n) is 25.7. The SMILES string of the molecule is C=CC(=O)N1CCN(c2nc(=O)n(-c3c(C)ccnc3C(C)C)c3nc(-c4cc(C(=O)O)ccc4F)c(C4CC4)cc23)[C@@H](C)C1. The molecular formula is C34H35FN6O4. The van der Waals surface area contributed by atoms with Gasteiger partial charge in [-0.2, -0.15) is 4.98 Å². The molecule has 1 aliphatic heterocycles. The molecule has 1 saturated heterocycles. The molecule has 1 saturated carbocycles. The highest BCUT2D eigenvalue weighted by Crippen LogP contribution is 2.46. The molecule has 1 aromatic carbocycles. The third-order valence-corrected chi connectivity index (χ3v) is 8.67. The Morgan fingerprint density at radius 2 is 1.89 bits per heavy atom. The van der Waals surface area contributed by atoms with Gasteiger partial charge in [0.25, 0.3) is 0 Å². The normalized spacial score (nSPS) is 16.8. The number of aromatic nitrogens is 4. The van der Waals surface area contributed by atoms with E-state index in [1.165, 1.54) is 22.8 Å². The van der Waals surface area contributed by atoms with Gasteiger partial charge in [-0.3, -0.25) is 9.78 Å². The van der Waals surface area contributed by atoms with Gasteiger partial charge in [-0.15, -0.1) is 0 Å². The number of rotatable bonds is 7. The van der Waals surface area contributed by atoms with E-state index in [4.69, 9.17) is 4.98 Å². The van der Waals surface area contributed by atoms with Crippen molar-refractivity contribution in [3.05, 3.63) is 87.9 Å². The summed E-state index contributed by atoms with van der Waals surface area (Å²) >= 11 is 0. The molecule has 1 aliphatic carbocycles. The van der Waals surface area contributed by atoms with Crippen LogP contribution in [-0.2, 0) is 4.79 Å². The fourth-order valence-corrected chi connectivity index (χ4v) is 6.21. The van der Waals surface area contributed by atoms with Crippen LogP contribution < -0.4 is 10.6 Å². The van der Waals surface area contributed by atoms with Crippen LogP contribution in [0.2, 0.25) is 0 Å². The van der Waals surface area contributed by atoms with Crippen LogP contribution in [0.15, 0.2) is 54.0 Å². The highest BCUT2D eigenvalue weighted by Gasteiger charge is 2.33. The number of fused-ring (bicyclic) bond motifs is 1. The zero-order valence-corrected chi connectivity index (χ0v) is 25.7. The maximum absolute atomic E-state index is 15.5. The van der Waals surface area contributed by atoms with Gasteiger partial charge < -0.3 is 14.9 Å². The van der Waals surface area contributed by atoms with Gasteiger partial charge in [0.1, 0.15) is 11.6 Å². The number of aromatic carboxylic acids is 1. The first kappa shape index (κ1) is 30.1. The van der Waals surface area contributed by atoms with Gasteiger partial charge in [-0.05, 0) is 86.1 Å². The molecule has 45 heavy (non-hydrogen) atoms. The fourth-order valence-electron chi connectivity index (χ4n) is 6.21. The largest absolute Gasteiger partial charge is 0.478 e. The van der Waals surface area contributed by atoms with Crippen LogP contribution in [-0.4, -0.2) is 67.1 Å². The van der Waals surface area contributed by atoms with Crippen molar-refractivity contribution in [1.82, 2.24) is 24.4 Å². The van der Waals surface area contributed by atoms with E-state index in [1.807, 2.05) is 44.7 Å². The van der Waals surface area contributed by atoms with E-state index >= 15 is 4.39 Å². The lowest BCUT2D eigenvalue weighted by molar-refractivity contribution is -0.126. The topological polar surface area (TPSA) is 122 Å². The molecule has 10 nitrogen and oxygen atoms in total. The van der Waals surface area contributed by atoms with Crippen molar-refractivity contribution in [3.63, 3.8) is 0 Å². The van der Waals surface area contributed by atoms with Crippen LogP contribution in [0.3, 0.4) is 0 Å². The third-order valence-electron chi connectivity index (χ3n) is 8.67. The first-order valence-electron chi connectivity index (χ1n) is 15.1. The van der Waals surface area contributed by atoms with Gasteiger partial charge in [0.15, 0.2) is 5.65 Å². The van der Waals surface area contributed by atoms with E-state index in [1.54, 1.807) is 11.1 Å². The number of benzene rings is 1. The molecule has 2 fully saturated rings. The Morgan fingerprint density at radius 3 is 2.53 bits per heavy atom. The number of halogens is 1. The van der Waals surface area contributed by atoms with Crippen LogP contribution in [0.4, 0.5) is 10.2 Å². The number of amides is 1. The number of hydrogen-bond acceptors (Lipinski definition) is 7. The molecule has 0 radical (unpaired) electrons. The van der Waals surface area contributed by atoms with E-state index in [2.05, 4.69) is 16.5 Å². The Balaban J connectivity index is 1.68. The summed E-state index contributed by atoms with van der Waals surface area (Å²) in [4.78, 5) is 56.4. The fraction of sp³-hybridized carbons (Fsp3) is 0.353. The first-order chi connectivity index (χ1) is 21.5. The first-order valence-corrected chi connectivity index (χ1v) is 15.1. The standard InChI is InChI=1S/C34H35FN6O4/c1-6-27(42)39-13-14-40(20(5)17-39)31-25-16-23(21-7-8-21)29(24-15-22(33(43)44)9-10-26(24)35)37-32(25)41(34(45)38-31)30-19(4)11-12-36-28(30)18(2)3/h6,9-12,15-16,18,20-21H,1,7-8,13-14,17H2,2-5H3,(H,43,44)/t20-/m0/s1. The number of aryl methyl sites for hydroxylation is 1. The quantitative estimate of drug-likeness (QED) is 0.283. The van der Waals surface area contributed by atoms with Gasteiger partial charge >= 0.3 is 11.7 Å². The number of carbonyl (C=O) groups is 2. The van der Waals surface area contributed by atoms with Crippen molar-refractivity contribution in [1.29, 1.82) is 0 Å². The second-order valence-electron chi connectivity index (χ2n) is 12.2. The molecule has 2 aliphatic rings. The predicted octanol–water partition coefficient (Wildman–Crippen LogP) is 5.21. The van der Waals surface area contributed by atoms with Crippen LogP contribution in [0.1, 0.15) is 72.6 Å². The van der Waals surface area contributed by atoms with E-state index < -0.39 is 17.5 Å².